The van der Waals surface area contributed by atoms with Crippen molar-refractivity contribution < 1.29 is 43.7 Å². The molecule has 0 amide bonds. The van der Waals surface area contributed by atoms with Crippen LogP contribution in [0.4, 0.5) is 0 Å². The first-order valence-electron chi connectivity index (χ1n) is 9.59. The lowest BCUT2D eigenvalue weighted by Crippen LogP contribution is -2.55. The number of fused-ring (bicyclic) bond motifs is 3. The number of rotatable bonds is 4. The van der Waals surface area contributed by atoms with Crippen LogP contribution in [-0.4, -0.2) is 88.6 Å². The van der Waals surface area contributed by atoms with Gasteiger partial charge >= 0.3 is 0 Å². The summed E-state index contributed by atoms with van der Waals surface area (Å²) in [6.45, 7) is 7.03. The Morgan fingerprint density at radius 2 is 1.22 bits per heavy atom. The maximum Gasteiger partial charge on any atom is 0.190 e. The summed E-state index contributed by atoms with van der Waals surface area (Å²) in [5.74, 6) is -1.53. The number of hydrogen-bond donors (Lipinski definition) is 3. The SMILES string of the molecule is CC1(C)O[C@H]2[C@@H](O1)[C@@H](CC[C@H]1O[C@H](CO)[C@@H](O)[C@H]1O)O[C@@H]1OC(C)(C)O[C@@H]12. The van der Waals surface area contributed by atoms with E-state index < -0.39 is 42.3 Å². The molecule has 9 heteroatoms. The summed E-state index contributed by atoms with van der Waals surface area (Å²) < 4.78 is 35.7. The van der Waals surface area contributed by atoms with E-state index in [9.17, 15) is 15.3 Å². The van der Waals surface area contributed by atoms with E-state index in [1.807, 2.05) is 27.7 Å². The summed E-state index contributed by atoms with van der Waals surface area (Å²) in [6.07, 6.45) is -4.47. The van der Waals surface area contributed by atoms with E-state index in [0.29, 0.717) is 12.8 Å². The Labute approximate surface area is 158 Å². The minimum absolute atomic E-state index is 0.323. The summed E-state index contributed by atoms with van der Waals surface area (Å²) in [6, 6.07) is 0. The van der Waals surface area contributed by atoms with E-state index in [1.54, 1.807) is 0 Å². The molecule has 0 aliphatic carbocycles. The predicted molar refractivity (Wildman–Crippen MR) is 89.5 cm³/mol. The standard InChI is InChI=1S/C18H30O9/c1-17(2)24-13-9(6-5-8-11(20)12(21)10(7-19)22-8)23-16-15(14(13)25-17)26-18(3,4)27-16/h8-16,19-21H,5-7H2,1-4H3/t8-,9-,10-,11+,12-,13+,14+,15-,16-/m1/s1. The van der Waals surface area contributed by atoms with Gasteiger partial charge < -0.3 is 43.7 Å². The van der Waals surface area contributed by atoms with Gasteiger partial charge in [0.05, 0.1) is 18.8 Å². The van der Waals surface area contributed by atoms with Gasteiger partial charge in [-0.25, -0.2) is 0 Å². The molecule has 0 bridgehead atoms. The Morgan fingerprint density at radius 1 is 0.667 bits per heavy atom. The van der Waals surface area contributed by atoms with Gasteiger partial charge in [-0.1, -0.05) is 0 Å². The van der Waals surface area contributed by atoms with E-state index in [0.717, 1.165) is 0 Å². The van der Waals surface area contributed by atoms with E-state index in [-0.39, 0.29) is 31.0 Å². The lowest BCUT2D eigenvalue weighted by atomic mass is 9.94. The third-order valence-electron chi connectivity index (χ3n) is 5.63. The first-order chi connectivity index (χ1) is 12.6. The smallest absolute Gasteiger partial charge is 0.190 e. The largest absolute Gasteiger partial charge is 0.394 e. The molecule has 4 aliphatic rings. The number of hydrogen-bond acceptors (Lipinski definition) is 9. The molecule has 4 rings (SSSR count). The highest BCUT2D eigenvalue weighted by atomic mass is 16.9. The maximum absolute atomic E-state index is 10.2. The van der Waals surface area contributed by atoms with Crippen LogP contribution in [0.5, 0.6) is 0 Å². The summed E-state index contributed by atoms with van der Waals surface area (Å²) in [7, 11) is 0. The molecule has 4 fully saturated rings. The number of aliphatic hydroxyl groups is 3. The zero-order chi connectivity index (χ0) is 19.6. The van der Waals surface area contributed by atoms with Crippen molar-refractivity contribution in [3.05, 3.63) is 0 Å². The molecule has 9 atom stereocenters. The molecule has 0 radical (unpaired) electrons. The predicted octanol–water partition coefficient (Wildman–Crippen LogP) is -0.355. The Kier molecular flexibility index (Phi) is 5.06. The number of ether oxygens (including phenoxy) is 6. The molecule has 0 aromatic heterocycles. The van der Waals surface area contributed by atoms with Crippen molar-refractivity contribution in [2.75, 3.05) is 6.61 Å². The molecular formula is C18H30O9. The summed E-state index contributed by atoms with van der Waals surface area (Å²) >= 11 is 0. The Bertz CT molecular complexity index is 553. The van der Waals surface area contributed by atoms with E-state index in [4.69, 9.17) is 28.4 Å². The van der Waals surface area contributed by atoms with Crippen LogP contribution < -0.4 is 0 Å². The van der Waals surface area contributed by atoms with Gasteiger partial charge in [-0.05, 0) is 40.5 Å². The molecule has 0 spiro atoms. The van der Waals surface area contributed by atoms with E-state index in [2.05, 4.69) is 0 Å². The first kappa shape index (κ1) is 19.9. The fraction of sp³-hybridized carbons (Fsp3) is 1.00. The van der Waals surface area contributed by atoms with Gasteiger partial charge in [0, 0.05) is 0 Å². The highest BCUT2D eigenvalue weighted by molar-refractivity contribution is 5.00. The molecule has 4 heterocycles. The van der Waals surface area contributed by atoms with Gasteiger partial charge in [0.2, 0.25) is 0 Å². The van der Waals surface area contributed by atoms with Gasteiger partial charge in [0.1, 0.15) is 36.6 Å². The molecule has 4 aliphatic heterocycles. The van der Waals surface area contributed by atoms with Gasteiger partial charge in [-0.3, -0.25) is 0 Å². The highest BCUT2D eigenvalue weighted by Crippen LogP contribution is 2.45. The fourth-order valence-corrected chi connectivity index (χ4v) is 4.47. The van der Waals surface area contributed by atoms with Crippen molar-refractivity contribution in [3.63, 3.8) is 0 Å². The minimum Gasteiger partial charge on any atom is -0.394 e. The van der Waals surface area contributed by atoms with Crippen LogP contribution in [0.25, 0.3) is 0 Å². The molecular weight excluding hydrogens is 360 g/mol. The molecule has 3 N–H and O–H groups in total. The molecule has 156 valence electrons. The lowest BCUT2D eigenvalue weighted by molar-refractivity contribution is -0.236. The maximum atomic E-state index is 10.2. The van der Waals surface area contributed by atoms with Crippen LogP contribution >= 0.6 is 0 Å². The van der Waals surface area contributed by atoms with E-state index >= 15 is 0 Å². The average Bonchev–Trinajstić information content (AvgIpc) is 3.16. The van der Waals surface area contributed by atoms with Crippen LogP contribution in [0, 0.1) is 0 Å². The average molecular weight is 390 g/mol. The van der Waals surface area contributed by atoms with Gasteiger partial charge in [0.25, 0.3) is 0 Å². The Morgan fingerprint density at radius 3 is 1.89 bits per heavy atom. The van der Waals surface area contributed by atoms with Crippen LogP contribution in [0.15, 0.2) is 0 Å². The second-order valence-electron chi connectivity index (χ2n) is 8.66. The zero-order valence-corrected chi connectivity index (χ0v) is 16.1. The van der Waals surface area contributed by atoms with Gasteiger partial charge in [-0.15, -0.1) is 0 Å². The fourth-order valence-electron chi connectivity index (χ4n) is 4.47. The first-order valence-corrected chi connectivity index (χ1v) is 9.59. The Hall–Kier alpha value is -0.360. The molecule has 9 nitrogen and oxygen atoms in total. The molecule has 0 aromatic rings. The Balaban J connectivity index is 1.45. The molecule has 27 heavy (non-hydrogen) atoms. The van der Waals surface area contributed by atoms with Crippen molar-refractivity contribution in [1.82, 2.24) is 0 Å². The monoisotopic (exact) mass is 390 g/mol. The minimum atomic E-state index is -1.10. The second-order valence-corrected chi connectivity index (χ2v) is 8.66. The lowest BCUT2D eigenvalue weighted by Gasteiger charge is -2.37. The molecule has 0 saturated carbocycles. The molecule has 4 saturated heterocycles. The van der Waals surface area contributed by atoms with Crippen molar-refractivity contribution in [3.8, 4) is 0 Å². The second kappa shape index (κ2) is 6.86. The van der Waals surface area contributed by atoms with Gasteiger partial charge in [0.15, 0.2) is 17.9 Å². The van der Waals surface area contributed by atoms with Crippen molar-refractivity contribution in [1.29, 1.82) is 0 Å². The van der Waals surface area contributed by atoms with Crippen LogP contribution in [0.3, 0.4) is 0 Å². The van der Waals surface area contributed by atoms with E-state index in [1.165, 1.54) is 0 Å². The van der Waals surface area contributed by atoms with Crippen LogP contribution in [0.1, 0.15) is 40.5 Å². The quantitative estimate of drug-likeness (QED) is 0.592. The summed E-state index contributed by atoms with van der Waals surface area (Å²) in [5.41, 5.74) is 0. The van der Waals surface area contributed by atoms with Crippen LogP contribution in [0.2, 0.25) is 0 Å². The third kappa shape index (κ3) is 3.65. The normalized spacial score (nSPS) is 50.6. The van der Waals surface area contributed by atoms with Crippen molar-refractivity contribution >= 4 is 0 Å². The van der Waals surface area contributed by atoms with Crippen molar-refractivity contribution in [2.24, 2.45) is 0 Å². The third-order valence-corrected chi connectivity index (χ3v) is 5.63. The summed E-state index contributed by atoms with van der Waals surface area (Å²) in [4.78, 5) is 0. The summed E-state index contributed by atoms with van der Waals surface area (Å²) in [5, 5.41) is 29.3. The molecule has 0 unspecified atom stereocenters. The van der Waals surface area contributed by atoms with Gasteiger partial charge in [-0.2, -0.15) is 0 Å². The molecule has 0 aromatic carbocycles. The topological polar surface area (TPSA) is 116 Å². The highest BCUT2D eigenvalue weighted by Gasteiger charge is 2.60. The van der Waals surface area contributed by atoms with Crippen LogP contribution in [-0.2, 0) is 28.4 Å². The number of aliphatic hydroxyl groups excluding tert-OH is 3. The van der Waals surface area contributed by atoms with Crippen molar-refractivity contribution in [2.45, 2.75) is 107 Å². The zero-order valence-electron chi connectivity index (χ0n) is 16.1.